The lowest BCUT2D eigenvalue weighted by Gasteiger charge is -2.27. The number of rotatable bonds is 17. The topological polar surface area (TPSA) is 199 Å². The second-order valence-electron chi connectivity index (χ2n) is 12.7. The summed E-state index contributed by atoms with van der Waals surface area (Å²) >= 11 is 1.18. The molecule has 2 aliphatic rings. The maximum atomic E-state index is 13.3. The summed E-state index contributed by atoms with van der Waals surface area (Å²) in [6, 6.07) is 15.2. The number of nitrogens with zero attached hydrogens (tertiary/aromatic N) is 2. The van der Waals surface area contributed by atoms with Gasteiger partial charge in [0.2, 0.25) is 11.8 Å². The Morgan fingerprint density at radius 3 is 2.29 bits per heavy atom. The van der Waals surface area contributed by atoms with Gasteiger partial charge in [0.1, 0.15) is 11.6 Å². The lowest BCUT2D eigenvalue weighted by atomic mass is 10.0. The molecule has 290 valence electrons. The number of nitriles is 1. The van der Waals surface area contributed by atoms with Gasteiger partial charge in [-0.15, -0.1) is 11.8 Å². The molecule has 0 saturated carbocycles. The van der Waals surface area contributed by atoms with Crippen LogP contribution in [0.25, 0.3) is 0 Å². The first kappa shape index (κ1) is 40.7. The molecule has 0 aromatic heterocycles. The van der Waals surface area contributed by atoms with Crippen LogP contribution in [0.15, 0.2) is 65.6 Å². The van der Waals surface area contributed by atoms with Gasteiger partial charge in [0.15, 0.2) is 0 Å². The van der Waals surface area contributed by atoms with Gasteiger partial charge in [-0.05, 0) is 67.9 Å². The van der Waals surface area contributed by atoms with Crippen molar-refractivity contribution in [1.82, 2.24) is 10.2 Å². The van der Waals surface area contributed by atoms with Crippen molar-refractivity contribution in [2.75, 3.05) is 61.2 Å². The van der Waals surface area contributed by atoms with Crippen molar-refractivity contribution in [3.63, 3.8) is 0 Å². The van der Waals surface area contributed by atoms with Crippen LogP contribution in [-0.4, -0.2) is 96.5 Å². The van der Waals surface area contributed by atoms with Crippen LogP contribution >= 0.6 is 11.8 Å². The first-order chi connectivity index (χ1) is 26.2. The Morgan fingerprint density at radius 1 is 0.964 bits per heavy atom. The number of piperidine rings is 1. The van der Waals surface area contributed by atoms with Crippen LogP contribution in [0.4, 0.5) is 30.2 Å². The molecule has 1 saturated heterocycles. The minimum absolute atomic E-state index is 0.0375. The Morgan fingerprint density at radius 2 is 1.64 bits per heavy atom. The highest BCUT2D eigenvalue weighted by Crippen LogP contribution is 2.35. The molecule has 5 amide bonds. The maximum absolute atomic E-state index is 13.3. The molecule has 0 bridgehead atoms. The number of nitrogens with one attached hydrogen (secondary N) is 4. The number of thioether (sulfide) groups is 1. The Kier molecular flexibility index (Phi) is 13.2. The number of hydrogen-bond acceptors (Lipinski definition) is 12. The molecule has 3 aromatic rings. The number of carbonyl (C=O) groups is 5. The van der Waals surface area contributed by atoms with E-state index < -0.39 is 58.5 Å². The van der Waals surface area contributed by atoms with Gasteiger partial charge in [0.05, 0.1) is 54.8 Å². The number of carbonyl (C=O) groups excluding carboxylic acids is 5. The Labute approximate surface area is 317 Å². The molecular weight excluding hydrogens is 746 g/mol. The number of amides is 5. The molecule has 0 aliphatic carbocycles. The van der Waals surface area contributed by atoms with Crippen molar-refractivity contribution < 1.29 is 51.7 Å². The minimum Gasteiger partial charge on any atom is -0.383 e. The summed E-state index contributed by atoms with van der Waals surface area (Å²) in [4.78, 5) is 64.3. The van der Waals surface area contributed by atoms with Gasteiger partial charge < -0.3 is 30.5 Å². The van der Waals surface area contributed by atoms with E-state index in [1.54, 1.807) is 36.4 Å². The van der Waals surface area contributed by atoms with Gasteiger partial charge in [-0.1, -0.05) is 6.07 Å². The highest BCUT2D eigenvalue weighted by molar-refractivity contribution is 7.99. The van der Waals surface area contributed by atoms with Gasteiger partial charge in [0, 0.05) is 47.2 Å². The van der Waals surface area contributed by atoms with E-state index in [1.165, 1.54) is 30.8 Å². The second-order valence-corrected chi connectivity index (χ2v) is 13.7. The van der Waals surface area contributed by atoms with E-state index >= 15 is 0 Å². The van der Waals surface area contributed by atoms with E-state index in [0.29, 0.717) is 44.7 Å². The number of anilines is 3. The number of aliphatic hydroxyl groups is 1. The smallest absolute Gasteiger partial charge is 0.383 e. The predicted octanol–water partition coefficient (Wildman–Crippen LogP) is 4.02. The first-order valence-corrected chi connectivity index (χ1v) is 18.0. The molecule has 55 heavy (non-hydrogen) atoms. The Bertz CT molecular complexity index is 1990. The number of ether oxygens (including phenoxy) is 2. The number of imide groups is 2. The van der Waals surface area contributed by atoms with E-state index in [1.807, 2.05) is 0 Å². The fourth-order valence-corrected chi connectivity index (χ4v) is 6.60. The molecule has 2 atom stereocenters. The normalized spacial score (nSPS) is 16.6. The number of alkyl halides is 3. The third kappa shape index (κ3) is 10.2. The monoisotopic (exact) mass is 782 g/mol. The van der Waals surface area contributed by atoms with E-state index in [-0.39, 0.29) is 42.0 Å². The highest BCUT2D eigenvalue weighted by atomic mass is 32.2. The molecule has 2 unspecified atom stereocenters. The summed E-state index contributed by atoms with van der Waals surface area (Å²) in [7, 11) is 0. The van der Waals surface area contributed by atoms with Gasteiger partial charge in [-0.3, -0.25) is 34.2 Å². The molecule has 14 nitrogen and oxygen atoms in total. The van der Waals surface area contributed by atoms with Crippen molar-refractivity contribution in [1.29, 1.82) is 5.26 Å². The fourth-order valence-electron chi connectivity index (χ4n) is 5.69. The van der Waals surface area contributed by atoms with Crippen molar-refractivity contribution >= 4 is 58.4 Å². The van der Waals surface area contributed by atoms with Gasteiger partial charge in [-0.2, -0.15) is 18.4 Å². The van der Waals surface area contributed by atoms with E-state index in [2.05, 4.69) is 21.3 Å². The van der Waals surface area contributed by atoms with Crippen LogP contribution in [0, 0.1) is 11.3 Å². The van der Waals surface area contributed by atoms with Crippen LogP contribution in [0.5, 0.6) is 0 Å². The average molecular weight is 783 g/mol. The third-order valence-corrected chi connectivity index (χ3v) is 9.86. The summed E-state index contributed by atoms with van der Waals surface area (Å²) in [5, 5.41) is 30.4. The van der Waals surface area contributed by atoms with Crippen LogP contribution in [0.3, 0.4) is 0 Å². The SMILES string of the molecule is CC(O)(CSc1ccc(NCCOCCOCCNc2cccc3c2C(=O)N(C2CCC(=O)NC2=O)C3=O)cc1)C(=O)Nc1ccc(C#N)c(C(F)(F)F)c1. The van der Waals surface area contributed by atoms with E-state index in [0.717, 1.165) is 27.6 Å². The third-order valence-electron chi connectivity index (χ3n) is 8.54. The number of benzene rings is 3. The zero-order chi connectivity index (χ0) is 39.8. The molecule has 0 radical (unpaired) electrons. The Hall–Kier alpha value is -5.48. The molecule has 5 N–H and O–H groups in total. The molecular formula is C37H37F3N6O8S. The second kappa shape index (κ2) is 17.8. The van der Waals surface area contributed by atoms with Crippen LogP contribution in [0.1, 0.15) is 51.6 Å². The van der Waals surface area contributed by atoms with Crippen molar-refractivity contribution in [3.05, 3.63) is 82.9 Å². The van der Waals surface area contributed by atoms with Crippen LogP contribution in [0.2, 0.25) is 0 Å². The van der Waals surface area contributed by atoms with Gasteiger partial charge in [0.25, 0.3) is 17.7 Å². The zero-order valence-electron chi connectivity index (χ0n) is 29.5. The minimum atomic E-state index is -4.79. The summed E-state index contributed by atoms with van der Waals surface area (Å²) < 4.78 is 51.0. The summed E-state index contributed by atoms with van der Waals surface area (Å²) in [6.07, 6.45) is -4.68. The predicted molar refractivity (Wildman–Crippen MR) is 194 cm³/mol. The average Bonchev–Trinajstić information content (AvgIpc) is 3.40. The lowest BCUT2D eigenvalue weighted by Crippen LogP contribution is -2.54. The molecule has 0 spiro atoms. The fraction of sp³-hybridized carbons (Fsp3) is 0.351. The highest BCUT2D eigenvalue weighted by Gasteiger charge is 2.45. The van der Waals surface area contributed by atoms with Crippen LogP contribution in [-0.2, 0) is 30.0 Å². The van der Waals surface area contributed by atoms with Crippen LogP contribution < -0.4 is 21.3 Å². The van der Waals surface area contributed by atoms with E-state index in [4.69, 9.17) is 14.7 Å². The Balaban J connectivity index is 0.953. The molecule has 5 rings (SSSR count). The number of halogens is 3. The molecule has 18 heteroatoms. The summed E-state index contributed by atoms with van der Waals surface area (Å²) in [6.45, 7) is 3.40. The maximum Gasteiger partial charge on any atom is 0.417 e. The summed E-state index contributed by atoms with van der Waals surface area (Å²) in [5.74, 6) is -3.27. The molecule has 3 aromatic carbocycles. The first-order valence-electron chi connectivity index (χ1n) is 17.1. The largest absolute Gasteiger partial charge is 0.417 e. The zero-order valence-corrected chi connectivity index (χ0v) is 30.3. The van der Waals surface area contributed by atoms with Gasteiger partial charge >= 0.3 is 6.18 Å². The summed E-state index contributed by atoms with van der Waals surface area (Å²) in [5.41, 5.74) is -2.29. The molecule has 2 heterocycles. The lowest BCUT2D eigenvalue weighted by molar-refractivity contribution is -0.138. The number of fused-ring (bicyclic) bond motifs is 1. The van der Waals surface area contributed by atoms with Crippen molar-refractivity contribution in [2.45, 2.75) is 42.5 Å². The molecule has 1 fully saturated rings. The number of hydrogen-bond donors (Lipinski definition) is 5. The standard InChI is InChI=1S/C37H37F3N6O8S/c1-36(52,35(51)44-24-6-5-22(20-41)27(19-24)37(38,39)40)21-55-25-9-7-23(8-10-25)42-13-15-53-17-18-54-16-14-43-28-4-2-3-26-31(28)34(50)46(33(26)49)29-11-12-30(47)45-32(29)48/h2-10,19,29,42-43,52H,11-18,21H2,1H3,(H,44,51)(H,45,47,48). The van der Waals surface area contributed by atoms with E-state index in [9.17, 15) is 42.3 Å². The van der Waals surface area contributed by atoms with Crippen molar-refractivity contribution in [2.24, 2.45) is 0 Å². The van der Waals surface area contributed by atoms with Gasteiger partial charge in [-0.25, -0.2) is 0 Å². The molecule has 2 aliphatic heterocycles. The van der Waals surface area contributed by atoms with Crippen molar-refractivity contribution in [3.8, 4) is 6.07 Å². The quantitative estimate of drug-likeness (QED) is 0.0750.